The number of pyridine rings is 1. The van der Waals surface area contributed by atoms with Crippen molar-refractivity contribution in [2.75, 3.05) is 6.61 Å². The molecule has 0 spiro atoms. The molecule has 4 nitrogen and oxygen atoms in total. The molecule has 0 saturated heterocycles. The van der Waals surface area contributed by atoms with Crippen LogP contribution >= 0.6 is 0 Å². The average Bonchev–Trinajstić information content (AvgIpc) is 2.49. The Kier molecular flexibility index (Phi) is 5.09. The smallest absolute Gasteiger partial charge is 0.145 e. The molecule has 0 aliphatic heterocycles. The summed E-state index contributed by atoms with van der Waals surface area (Å²) < 4.78 is 5.82. The molecule has 2 aromatic rings. The zero-order valence-corrected chi connectivity index (χ0v) is 11.6. The molecule has 2 rings (SSSR count). The van der Waals surface area contributed by atoms with Crippen LogP contribution in [0.3, 0.4) is 0 Å². The number of ether oxygens (including phenoxy) is 1. The van der Waals surface area contributed by atoms with Crippen LogP contribution < -0.4 is 10.5 Å². The van der Waals surface area contributed by atoms with Gasteiger partial charge < -0.3 is 15.6 Å². The Morgan fingerprint density at radius 1 is 1.25 bits per heavy atom. The first-order chi connectivity index (χ1) is 9.74. The third kappa shape index (κ3) is 3.56. The van der Waals surface area contributed by atoms with Crippen molar-refractivity contribution < 1.29 is 9.84 Å². The summed E-state index contributed by atoms with van der Waals surface area (Å²) >= 11 is 0. The van der Waals surface area contributed by atoms with Crippen LogP contribution in [0.1, 0.15) is 30.6 Å². The van der Waals surface area contributed by atoms with Crippen LogP contribution in [-0.4, -0.2) is 16.7 Å². The minimum atomic E-state index is -0.0364. The van der Waals surface area contributed by atoms with E-state index in [9.17, 15) is 0 Å². The number of aliphatic hydroxyl groups is 1. The van der Waals surface area contributed by atoms with Crippen LogP contribution in [-0.2, 0) is 6.42 Å². The highest BCUT2D eigenvalue weighted by Crippen LogP contribution is 2.25. The molecular weight excluding hydrogens is 252 g/mol. The van der Waals surface area contributed by atoms with Gasteiger partial charge in [0.2, 0.25) is 0 Å². The largest absolute Gasteiger partial charge is 0.455 e. The van der Waals surface area contributed by atoms with Crippen molar-refractivity contribution in [2.24, 2.45) is 5.73 Å². The van der Waals surface area contributed by atoms with E-state index in [0.29, 0.717) is 12.2 Å². The van der Waals surface area contributed by atoms with Crippen molar-refractivity contribution in [3.05, 3.63) is 53.9 Å². The van der Waals surface area contributed by atoms with Crippen molar-refractivity contribution >= 4 is 0 Å². The fraction of sp³-hybridized carbons (Fsp3) is 0.312. The molecule has 0 amide bonds. The molecule has 3 N–H and O–H groups in total. The first-order valence-corrected chi connectivity index (χ1v) is 6.82. The standard InChI is InChI=1S/C16H20N2O2/c1-2-14(17)15-8-7-13(11-18-15)20-16-6-4-3-5-12(16)9-10-19/h3-8,11,14,19H,2,9-10,17H2,1H3/t14-/m1/s1. The summed E-state index contributed by atoms with van der Waals surface area (Å²) in [7, 11) is 0. The van der Waals surface area contributed by atoms with Gasteiger partial charge in [-0.3, -0.25) is 4.98 Å². The van der Waals surface area contributed by atoms with E-state index in [-0.39, 0.29) is 12.6 Å². The van der Waals surface area contributed by atoms with Gasteiger partial charge in [-0.05, 0) is 36.6 Å². The lowest BCUT2D eigenvalue weighted by atomic mass is 10.1. The zero-order chi connectivity index (χ0) is 14.4. The minimum Gasteiger partial charge on any atom is -0.455 e. The van der Waals surface area contributed by atoms with E-state index in [4.69, 9.17) is 15.6 Å². The molecule has 0 aliphatic rings. The molecule has 1 aromatic carbocycles. The van der Waals surface area contributed by atoms with Gasteiger partial charge in [-0.1, -0.05) is 25.1 Å². The molecule has 1 heterocycles. The highest BCUT2D eigenvalue weighted by molar-refractivity contribution is 5.37. The van der Waals surface area contributed by atoms with Crippen LogP contribution in [0.25, 0.3) is 0 Å². The lowest BCUT2D eigenvalue weighted by molar-refractivity contribution is 0.298. The normalized spacial score (nSPS) is 12.2. The Labute approximate surface area is 119 Å². The second kappa shape index (κ2) is 7.03. The minimum absolute atomic E-state index is 0.0364. The second-order valence-electron chi connectivity index (χ2n) is 4.62. The lowest BCUT2D eigenvalue weighted by Gasteiger charge is -2.12. The maximum absolute atomic E-state index is 9.05. The molecule has 0 unspecified atom stereocenters. The van der Waals surface area contributed by atoms with Gasteiger partial charge in [0, 0.05) is 12.6 Å². The third-order valence-electron chi connectivity index (χ3n) is 3.16. The number of nitrogens with two attached hydrogens (primary N) is 1. The molecule has 1 aromatic heterocycles. The molecule has 0 radical (unpaired) electrons. The fourth-order valence-electron chi connectivity index (χ4n) is 1.94. The third-order valence-corrected chi connectivity index (χ3v) is 3.16. The van der Waals surface area contributed by atoms with E-state index in [0.717, 1.165) is 23.4 Å². The van der Waals surface area contributed by atoms with Crippen LogP contribution in [0.15, 0.2) is 42.6 Å². The number of aliphatic hydroxyl groups excluding tert-OH is 1. The molecule has 106 valence electrons. The zero-order valence-electron chi connectivity index (χ0n) is 11.6. The number of nitrogens with zero attached hydrogens (tertiary/aromatic N) is 1. The summed E-state index contributed by atoms with van der Waals surface area (Å²) in [6.45, 7) is 2.13. The topological polar surface area (TPSA) is 68.4 Å². The monoisotopic (exact) mass is 272 g/mol. The summed E-state index contributed by atoms with van der Waals surface area (Å²) in [4.78, 5) is 4.32. The summed E-state index contributed by atoms with van der Waals surface area (Å²) in [6.07, 6.45) is 3.11. The van der Waals surface area contributed by atoms with Gasteiger partial charge in [0.15, 0.2) is 0 Å². The Morgan fingerprint density at radius 3 is 2.70 bits per heavy atom. The van der Waals surface area contributed by atoms with Crippen molar-refractivity contribution in [1.29, 1.82) is 0 Å². The number of hydrogen-bond donors (Lipinski definition) is 2. The molecular formula is C16H20N2O2. The van der Waals surface area contributed by atoms with Gasteiger partial charge >= 0.3 is 0 Å². The van der Waals surface area contributed by atoms with Crippen molar-refractivity contribution in [2.45, 2.75) is 25.8 Å². The van der Waals surface area contributed by atoms with Gasteiger partial charge in [-0.25, -0.2) is 0 Å². The number of rotatable bonds is 6. The second-order valence-corrected chi connectivity index (χ2v) is 4.62. The number of hydrogen-bond acceptors (Lipinski definition) is 4. The van der Waals surface area contributed by atoms with E-state index >= 15 is 0 Å². The van der Waals surface area contributed by atoms with E-state index in [1.807, 2.05) is 43.3 Å². The highest BCUT2D eigenvalue weighted by atomic mass is 16.5. The van der Waals surface area contributed by atoms with E-state index in [1.54, 1.807) is 6.20 Å². The summed E-state index contributed by atoms with van der Waals surface area (Å²) in [5, 5.41) is 9.05. The van der Waals surface area contributed by atoms with Gasteiger partial charge in [0.25, 0.3) is 0 Å². The summed E-state index contributed by atoms with van der Waals surface area (Å²) in [5.74, 6) is 1.42. The van der Waals surface area contributed by atoms with Crippen LogP contribution in [0.5, 0.6) is 11.5 Å². The predicted molar refractivity (Wildman–Crippen MR) is 78.8 cm³/mol. The highest BCUT2D eigenvalue weighted by Gasteiger charge is 2.07. The van der Waals surface area contributed by atoms with Crippen molar-refractivity contribution in [1.82, 2.24) is 4.98 Å². The first kappa shape index (κ1) is 14.5. The van der Waals surface area contributed by atoms with Crippen molar-refractivity contribution in [3.8, 4) is 11.5 Å². The van der Waals surface area contributed by atoms with Crippen molar-refractivity contribution in [3.63, 3.8) is 0 Å². The quantitative estimate of drug-likeness (QED) is 0.848. The number of benzene rings is 1. The van der Waals surface area contributed by atoms with Gasteiger partial charge in [0.05, 0.1) is 11.9 Å². The fourth-order valence-corrected chi connectivity index (χ4v) is 1.94. The Bertz CT molecular complexity index is 540. The molecule has 1 atom stereocenters. The molecule has 20 heavy (non-hydrogen) atoms. The van der Waals surface area contributed by atoms with Crippen LogP contribution in [0.4, 0.5) is 0 Å². The van der Waals surface area contributed by atoms with Gasteiger partial charge in [-0.15, -0.1) is 0 Å². The van der Waals surface area contributed by atoms with Crippen LogP contribution in [0.2, 0.25) is 0 Å². The Morgan fingerprint density at radius 2 is 2.05 bits per heavy atom. The predicted octanol–water partition coefficient (Wildman–Crippen LogP) is 2.82. The van der Waals surface area contributed by atoms with E-state index in [2.05, 4.69) is 4.98 Å². The summed E-state index contributed by atoms with van der Waals surface area (Å²) in [5.41, 5.74) is 7.77. The molecule has 0 bridgehead atoms. The Hall–Kier alpha value is -1.91. The van der Waals surface area contributed by atoms with E-state index < -0.39 is 0 Å². The Balaban J connectivity index is 2.14. The maximum Gasteiger partial charge on any atom is 0.145 e. The average molecular weight is 272 g/mol. The molecule has 0 fully saturated rings. The maximum atomic E-state index is 9.05. The van der Waals surface area contributed by atoms with Crippen LogP contribution in [0, 0.1) is 0 Å². The lowest BCUT2D eigenvalue weighted by Crippen LogP contribution is -2.10. The molecule has 0 aliphatic carbocycles. The van der Waals surface area contributed by atoms with E-state index in [1.165, 1.54) is 0 Å². The SMILES string of the molecule is CC[C@@H](N)c1ccc(Oc2ccccc2CCO)cn1. The number of aromatic nitrogens is 1. The van der Waals surface area contributed by atoms with Gasteiger partial charge in [-0.2, -0.15) is 0 Å². The molecule has 4 heteroatoms. The first-order valence-electron chi connectivity index (χ1n) is 6.82. The van der Waals surface area contributed by atoms with Gasteiger partial charge in [0.1, 0.15) is 11.5 Å². The molecule has 0 saturated carbocycles. The summed E-state index contributed by atoms with van der Waals surface area (Å²) in [6, 6.07) is 11.4. The number of para-hydroxylation sites is 1.